The Labute approximate surface area is 68.2 Å². The molecule has 11 heavy (non-hydrogen) atoms. The van der Waals surface area contributed by atoms with E-state index in [1.165, 1.54) is 0 Å². The van der Waals surface area contributed by atoms with Gasteiger partial charge in [-0.05, 0) is 19.9 Å². The summed E-state index contributed by atoms with van der Waals surface area (Å²) < 4.78 is 0. The minimum atomic E-state index is -0.328. The van der Waals surface area contributed by atoms with Crippen molar-refractivity contribution in [2.24, 2.45) is 5.73 Å². The van der Waals surface area contributed by atoms with Crippen molar-refractivity contribution in [1.82, 2.24) is 4.90 Å². The maximum Gasteiger partial charge on any atom is 0.0818 e. The van der Waals surface area contributed by atoms with Gasteiger partial charge in [0.05, 0.1) is 6.10 Å². The third-order valence-electron chi connectivity index (χ3n) is 2.56. The van der Waals surface area contributed by atoms with E-state index in [1.807, 2.05) is 0 Å². The molecule has 3 unspecified atom stereocenters. The predicted octanol–water partition coefficient (Wildman–Crippen LogP) is -0.211. The van der Waals surface area contributed by atoms with Crippen molar-refractivity contribution in [2.75, 3.05) is 13.1 Å². The van der Waals surface area contributed by atoms with Gasteiger partial charge in [0.25, 0.3) is 0 Å². The lowest BCUT2D eigenvalue weighted by Gasteiger charge is -2.38. The van der Waals surface area contributed by atoms with Crippen LogP contribution in [0.2, 0.25) is 0 Å². The highest BCUT2D eigenvalue weighted by molar-refractivity contribution is 4.86. The average Bonchev–Trinajstić information content (AvgIpc) is 1.97. The molecule has 3 N–H and O–H groups in total. The predicted molar refractivity (Wildman–Crippen MR) is 45.3 cm³/mol. The zero-order valence-corrected chi connectivity index (χ0v) is 7.33. The summed E-state index contributed by atoms with van der Waals surface area (Å²) in [5.41, 5.74) is 5.71. The van der Waals surface area contributed by atoms with Crippen LogP contribution in [0, 0.1) is 0 Å². The number of β-amino-alcohol motifs (C(OH)–C–C–N with tert-alkyl or cyclic N) is 1. The molecule has 0 saturated carbocycles. The number of aliphatic hydroxyl groups excluding tert-OH is 1. The maximum atomic E-state index is 9.43. The number of hydrogen-bond donors (Lipinski definition) is 2. The summed E-state index contributed by atoms with van der Waals surface area (Å²) in [5.74, 6) is 0. The van der Waals surface area contributed by atoms with Gasteiger partial charge in [0.15, 0.2) is 0 Å². The van der Waals surface area contributed by atoms with Gasteiger partial charge < -0.3 is 10.8 Å². The Balaban J connectivity index is 2.48. The number of hydrogen-bond acceptors (Lipinski definition) is 3. The second-order valence-electron chi connectivity index (χ2n) is 3.40. The SMILES string of the molecule is CCN1CC(O)C(N)CC1C. The number of piperidine rings is 1. The number of nitrogens with zero attached hydrogens (tertiary/aromatic N) is 1. The minimum absolute atomic E-state index is 0.0206. The molecule has 0 aromatic carbocycles. The zero-order valence-electron chi connectivity index (χ0n) is 7.33. The van der Waals surface area contributed by atoms with Gasteiger partial charge in [-0.3, -0.25) is 4.90 Å². The third kappa shape index (κ3) is 1.92. The van der Waals surface area contributed by atoms with Crippen LogP contribution in [0.15, 0.2) is 0 Å². The molecule has 1 aliphatic rings. The quantitative estimate of drug-likeness (QED) is 0.555. The highest BCUT2D eigenvalue weighted by Crippen LogP contribution is 2.15. The van der Waals surface area contributed by atoms with Crippen LogP contribution in [0.4, 0.5) is 0 Å². The van der Waals surface area contributed by atoms with E-state index in [1.54, 1.807) is 0 Å². The van der Waals surface area contributed by atoms with Gasteiger partial charge >= 0.3 is 0 Å². The molecule has 0 bridgehead atoms. The Morgan fingerprint density at radius 2 is 2.27 bits per heavy atom. The number of aliphatic hydroxyl groups is 1. The number of rotatable bonds is 1. The van der Waals surface area contributed by atoms with Crippen molar-refractivity contribution in [3.63, 3.8) is 0 Å². The summed E-state index contributed by atoms with van der Waals surface area (Å²) in [4.78, 5) is 2.26. The second kappa shape index (κ2) is 3.52. The molecule has 0 amide bonds. The third-order valence-corrected chi connectivity index (χ3v) is 2.56. The van der Waals surface area contributed by atoms with Gasteiger partial charge in [0.1, 0.15) is 0 Å². The summed E-state index contributed by atoms with van der Waals surface area (Å²) in [6.07, 6.45) is 0.584. The first-order chi connectivity index (χ1) is 5.15. The van der Waals surface area contributed by atoms with E-state index >= 15 is 0 Å². The monoisotopic (exact) mass is 158 g/mol. The van der Waals surface area contributed by atoms with Crippen LogP contribution < -0.4 is 5.73 Å². The highest BCUT2D eigenvalue weighted by Gasteiger charge is 2.28. The Morgan fingerprint density at radius 1 is 1.64 bits per heavy atom. The molecule has 1 fully saturated rings. The lowest BCUT2D eigenvalue weighted by atomic mass is 9.97. The van der Waals surface area contributed by atoms with Crippen LogP contribution in [-0.2, 0) is 0 Å². The normalized spacial score (nSPS) is 40.9. The molecule has 0 aliphatic carbocycles. The van der Waals surface area contributed by atoms with E-state index in [0.717, 1.165) is 19.5 Å². The number of likely N-dealkylation sites (N-methyl/N-ethyl adjacent to an activating group) is 1. The molecule has 1 aliphatic heterocycles. The molecule has 0 radical (unpaired) electrons. The molecule has 0 spiro atoms. The number of likely N-dealkylation sites (tertiary alicyclic amines) is 1. The maximum absolute atomic E-state index is 9.43. The molecule has 1 heterocycles. The summed E-state index contributed by atoms with van der Waals surface area (Å²) >= 11 is 0. The van der Waals surface area contributed by atoms with Crippen LogP contribution in [0.25, 0.3) is 0 Å². The smallest absolute Gasteiger partial charge is 0.0818 e. The van der Waals surface area contributed by atoms with Crippen molar-refractivity contribution in [3.8, 4) is 0 Å². The van der Waals surface area contributed by atoms with Gasteiger partial charge in [-0.15, -0.1) is 0 Å². The van der Waals surface area contributed by atoms with Crippen LogP contribution in [0.5, 0.6) is 0 Å². The topological polar surface area (TPSA) is 49.5 Å². The molecule has 1 saturated heterocycles. The fraction of sp³-hybridized carbons (Fsp3) is 1.00. The Hall–Kier alpha value is -0.120. The van der Waals surface area contributed by atoms with Gasteiger partial charge in [-0.2, -0.15) is 0 Å². The standard InChI is InChI=1S/C8H18N2O/c1-3-10-5-8(11)7(9)4-6(10)2/h6-8,11H,3-5,9H2,1-2H3. The Bertz CT molecular complexity index is 129. The highest BCUT2D eigenvalue weighted by atomic mass is 16.3. The molecule has 0 aromatic rings. The van der Waals surface area contributed by atoms with Gasteiger partial charge in [0.2, 0.25) is 0 Å². The summed E-state index contributed by atoms with van der Waals surface area (Å²) in [7, 11) is 0. The van der Waals surface area contributed by atoms with Crippen molar-refractivity contribution < 1.29 is 5.11 Å². The largest absolute Gasteiger partial charge is 0.390 e. The molecular formula is C8H18N2O. The van der Waals surface area contributed by atoms with Crippen LogP contribution >= 0.6 is 0 Å². The van der Waals surface area contributed by atoms with E-state index in [9.17, 15) is 5.11 Å². The van der Waals surface area contributed by atoms with Gasteiger partial charge in [-0.25, -0.2) is 0 Å². The van der Waals surface area contributed by atoms with Crippen molar-refractivity contribution >= 4 is 0 Å². The molecular weight excluding hydrogens is 140 g/mol. The van der Waals surface area contributed by atoms with Crippen LogP contribution in [0.1, 0.15) is 20.3 Å². The van der Waals surface area contributed by atoms with E-state index in [2.05, 4.69) is 18.7 Å². The molecule has 3 heteroatoms. The summed E-state index contributed by atoms with van der Waals surface area (Å²) in [6, 6.07) is 0.506. The Morgan fingerprint density at radius 3 is 2.82 bits per heavy atom. The van der Waals surface area contributed by atoms with Crippen LogP contribution in [-0.4, -0.2) is 41.3 Å². The van der Waals surface area contributed by atoms with E-state index in [4.69, 9.17) is 5.73 Å². The van der Waals surface area contributed by atoms with Gasteiger partial charge in [-0.1, -0.05) is 6.92 Å². The van der Waals surface area contributed by atoms with Crippen molar-refractivity contribution in [2.45, 2.75) is 38.5 Å². The first-order valence-electron chi connectivity index (χ1n) is 4.32. The van der Waals surface area contributed by atoms with E-state index in [-0.39, 0.29) is 12.1 Å². The average molecular weight is 158 g/mol. The summed E-state index contributed by atoms with van der Waals surface area (Å²) in [6.45, 7) is 6.01. The molecule has 3 atom stereocenters. The molecule has 0 aromatic heterocycles. The van der Waals surface area contributed by atoms with E-state index < -0.39 is 0 Å². The zero-order chi connectivity index (χ0) is 8.43. The minimum Gasteiger partial charge on any atom is -0.390 e. The van der Waals surface area contributed by atoms with Crippen LogP contribution in [0.3, 0.4) is 0 Å². The van der Waals surface area contributed by atoms with Gasteiger partial charge in [0, 0.05) is 18.6 Å². The molecule has 66 valence electrons. The lowest BCUT2D eigenvalue weighted by Crippen LogP contribution is -2.54. The van der Waals surface area contributed by atoms with Crippen molar-refractivity contribution in [1.29, 1.82) is 0 Å². The van der Waals surface area contributed by atoms with E-state index in [0.29, 0.717) is 6.04 Å². The first-order valence-corrected chi connectivity index (χ1v) is 4.32. The van der Waals surface area contributed by atoms with Crippen molar-refractivity contribution in [3.05, 3.63) is 0 Å². The molecule has 3 nitrogen and oxygen atoms in total. The fourth-order valence-electron chi connectivity index (χ4n) is 1.70. The fourth-order valence-corrected chi connectivity index (χ4v) is 1.70. The summed E-state index contributed by atoms with van der Waals surface area (Å²) in [5, 5.41) is 9.43. The molecule has 1 rings (SSSR count). The lowest BCUT2D eigenvalue weighted by molar-refractivity contribution is 0.0283. The number of nitrogens with two attached hydrogens (primary N) is 1. The first kappa shape index (κ1) is 8.97. The Kier molecular flexibility index (Phi) is 2.87. The second-order valence-corrected chi connectivity index (χ2v) is 3.40.